The summed E-state index contributed by atoms with van der Waals surface area (Å²) in [4.78, 5) is 21.1. The van der Waals surface area contributed by atoms with E-state index >= 15 is 0 Å². The van der Waals surface area contributed by atoms with Gasteiger partial charge in [0.15, 0.2) is 5.78 Å². The SMILES string of the molecule is Cn1cc(Nc2ncc(Cl)c(-c3ccc(C(=O)CCC4(C#N)CC4)cc3)n2)cn1. The first-order chi connectivity index (χ1) is 14.0. The molecule has 1 saturated carbocycles. The van der Waals surface area contributed by atoms with Crippen LogP contribution in [0.3, 0.4) is 0 Å². The van der Waals surface area contributed by atoms with E-state index in [-0.39, 0.29) is 11.2 Å². The molecule has 0 unspecified atom stereocenters. The van der Waals surface area contributed by atoms with Gasteiger partial charge in [-0.2, -0.15) is 10.4 Å². The van der Waals surface area contributed by atoms with E-state index in [1.54, 1.807) is 29.2 Å². The van der Waals surface area contributed by atoms with Crippen LogP contribution in [0.15, 0.2) is 42.9 Å². The van der Waals surface area contributed by atoms with Gasteiger partial charge in [0.25, 0.3) is 0 Å². The largest absolute Gasteiger partial charge is 0.321 e. The van der Waals surface area contributed by atoms with E-state index in [0.29, 0.717) is 35.1 Å². The first-order valence-electron chi connectivity index (χ1n) is 9.31. The van der Waals surface area contributed by atoms with Gasteiger partial charge in [-0.05, 0) is 19.3 Å². The number of aromatic nitrogens is 4. The molecule has 7 nitrogen and oxygen atoms in total. The maximum absolute atomic E-state index is 12.4. The van der Waals surface area contributed by atoms with Crippen LogP contribution in [0.2, 0.25) is 5.02 Å². The number of nitrogens with one attached hydrogen (secondary N) is 1. The van der Waals surface area contributed by atoms with Crippen molar-refractivity contribution in [1.29, 1.82) is 5.26 Å². The first kappa shape index (κ1) is 19.1. The summed E-state index contributed by atoms with van der Waals surface area (Å²) in [7, 11) is 1.83. The normalized spacial score (nSPS) is 14.2. The number of rotatable bonds is 7. The lowest BCUT2D eigenvalue weighted by atomic mass is 9.97. The fraction of sp³-hybridized carbons (Fsp3) is 0.286. The topological polar surface area (TPSA) is 96.5 Å². The molecule has 4 rings (SSSR count). The van der Waals surface area contributed by atoms with Crippen LogP contribution in [0, 0.1) is 16.7 Å². The molecule has 0 saturated heterocycles. The number of hydrogen-bond donors (Lipinski definition) is 1. The van der Waals surface area contributed by atoms with Crippen molar-refractivity contribution in [3.63, 3.8) is 0 Å². The second-order valence-electron chi connectivity index (χ2n) is 7.31. The summed E-state index contributed by atoms with van der Waals surface area (Å²) in [5.41, 5.74) is 2.50. The zero-order valence-electron chi connectivity index (χ0n) is 15.9. The highest BCUT2D eigenvalue weighted by atomic mass is 35.5. The number of ketones is 1. The predicted octanol–water partition coefficient (Wildman–Crippen LogP) is 4.54. The third-order valence-corrected chi connectivity index (χ3v) is 5.38. The summed E-state index contributed by atoms with van der Waals surface area (Å²) in [6, 6.07) is 9.53. The number of Topliss-reactive ketones (excluding diaryl/α,β-unsaturated/α-hetero) is 1. The summed E-state index contributed by atoms with van der Waals surface area (Å²) in [5, 5.41) is 16.8. The number of aryl methyl sites for hydroxylation is 1. The maximum Gasteiger partial charge on any atom is 0.227 e. The number of carbonyl (C=O) groups is 1. The predicted molar refractivity (Wildman–Crippen MR) is 110 cm³/mol. The van der Waals surface area contributed by atoms with E-state index in [1.165, 1.54) is 0 Å². The van der Waals surface area contributed by atoms with Gasteiger partial charge in [0.05, 0.1) is 40.3 Å². The summed E-state index contributed by atoms with van der Waals surface area (Å²) in [5.74, 6) is 0.453. The van der Waals surface area contributed by atoms with Gasteiger partial charge >= 0.3 is 0 Å². The third-order valence-electron chi connectivity index (χ3n) is 5.11. The number of nitriles is 1. The van der Waals surface area contributed by atoms with E-state index in [9.17, 15) is 4.79 Å². The van der Waals surface area contributed by atoms with Gasteiger partial charge in [-0.3, -0.25) is 9.48 Å². The van der Waals surface area contributed by atoms with Crippen LogP contribution in [0.4, 0.5) is 11.6 Å². The molecule has 1 fully saturated rings. The lowest BCUT2D eigenvalue weighted by molar-refractivity contribution is 0.0975. The first-order valence-corrected chi connectivity index (χ1v) is 9.69. The Balaban J connectivity index is 1.48. The van der Waals surface area contributed by atoms with E-state index in [1.807, 2.05) is 25.4 Å². The van der Waals surface area contributed by atoms with Crippen molar-refractivity contribution in [2.45, 2.75) is 25.7 Å². The van der Waals surface area contributed by atoms with Gasteiger partial charge in [-0.1, -0.05) is 35.9 Å². The molecule has 2 aromatic heterocycles. The number of nitrogens with zero attached hydrogens (tertiary/aromatic N) is 5. The van der Waals surface area contributed by atoms with Crippen molar-refractivity contribution in [3.8, 4) is 17.3 Å². The van der Waals surface area contributed by atoms with Gasteiger partial charge in [-0.25, -0.2) is 9.97 Å². The molecule has 0 bridgehead atoms. The lowest BCUT2D eigenvalue weighted by Crippen LogP contribution is -2.04. The van der Waals surface area contributed by atoms with Crippen LogP contribution in [0.25, 0.3) is 11.3 Å². The van der Waals surface area contributed by atoms with Crippen molar-refractivity contribution < 1.29 is 4.79 Å². The van der Waals surface area contributed by atoms with Crippen LogP contribution >= 0.6 is 11.6 Å². The van der Waals surface area contributed by atoms with Crippen molar-refractivity contribution in [2.75, 3.05) is 5.32 Å². The average Bonchev–Trinajstić information content (AvgIpc) is 3.41. The number of hydrogen-bond acceptors (Lipinski definition) is 6. The number of carbonyl (C=O) groups excluding carboxylic acids is 1. The summed E-state index contributed by atoms with van der Waals surface area (Å²) in [6.45, 7) is 0. The van der Waals surface area contributed by atoms with Crippen LogP contribution in [-0.2, 0) is 7.05 Å². The molecule has 2 heterocycles. The Bertz CT molecular complexity index is 1100. The monoisotopic (exact) mass is 406 g/mol. The molecule has 3 aromatic rings. The zero-order chi connectivity index (χ0) is 20.4. The molecule has 8 heteroatoms. The second kappa shape index (κ2) is 7.64. The van der Waals surface area contributed by atoms with Gasteiger partial charge in [0.1, 0.15) is 0 Å². The molecule has 1 aromatic carbocycles. The summed E-state index contributed by atoms with van der Waals surface area (Å²) in [6.07, 6.45) is 7.85. The van der Waals surface area contributed by atoms with Crippen LogP contribution < -0.4 is 5.32 Å². The highest BCUT2D eigenvalue weighted by molar-refractivity contribution is 6.32. The highest BCUT2D eigenvalue weighted by Crippen LogP contribution is 2.49. The average molecular weight is 407 g/mol. The number of halogens is 1. The molecule has 146 valence electrons. The molecule has 1 aliphatic carbocycles. The standard InChI is InChI=1S/C21H19ClN6O/c1-28-12-16(10-25-28)26-20-24-11-17(22)19(27-20)15-4-2-14(3-5-15)18(29)6-7-21(13-23)8-9-21/h2-5,10-12H,6-9H2,1H3,(H,24,26,27). The Morgan fingerprint density at radius 3 is 2.69 bits per heavy atom. The quantitative estimate of drug-likeness (QED) is 0.578. The minimum Gasteiger partial charge on any atom is -0.321 e. The van der Waals surface area contributed by atoms with Crippen LogP contribution in [0.5, 0.6) is 0 Å². The van der Waals surface area contributed by atoms with Gasteiger partial charge < -0.3 is 5.32 Å². The second-order valence-corrected chi connectivity index (χ2v) is 7.72. The van der Waals surface area contributed by atoms with Crippen molar-refractivity contribution in [3.05, 3.63) is 53.4 Å². The Labute approximate surface area is 173 Å². The molecule has 0 aliphatic heterocycles. The Morgan fingerprint density at radius 2 is 2.07 bits per heavy atom. The molecule has 1 aliphatic rings. The van der Waals surface area contributed by atoms with Crippen LogP contribution in [-0.4, -0.2) is 25.5 Å². The van der Waals surface area contributed by atoms with Crippen molar-refractivity contribution >= 4 is 29.0 Å². The fourth-order valence-electron chi connectivity index (χ4n) is 3.12. The molecule has 29 heavy (non-hydrogen) atoms. The third kappa shape index (κ3) is 4.28. The van der Waals surface area contributed by atoms with Crippen LogP contribution in [0.1, 0.15) is 36.0 Å². The molecule has 0 radical (unpaired) electrons. The number of benzene rings is 1. The molecule has 0 amide bonds. The highest BCUT2D eigenvalue weighted by Gasteiger charge is 2.42. The van der Waals surface area contributed by atoms with E-state index in [4.69, 9.17) is 16.9 Å². The van der Waals surface area contributed by atoms with E-state index in [0.717, 1.165) is 24.1 Å². The minimum absolute atomic E-state index is 0.0470. The van der Waals surface area contributed by atoms with Gasteiger partial charge in [0.2, 0.25) is 5.95 Å². The smallest absolute Gasteiger partial charge is 0.227 e. The molecule has 0 atom stereocenters. The zero-order valence-corrected chi connectivity index (χ0v) is 16.6. The fourth-order valence-corrected chi connectivity index (χ4v) is 3.32. The van der Waals surface area contributed by atoms with Gasteiger partial charge in [0, 0.05) is 30.8 Å². The molecule has 1 N–H and O–H groups in total. The molecular formula is C21H19ClN6O. The lowest BCUT2D eigenvalue weighted by Gasteiger charge is -2.08. The molecular weight excluding hydrogens is 388 g/mol. The summed E-state index contributed by atoms with van der Waals surface area (Å²) < 4.78 is 1.68. The van der Waals surface area contributed by atoms with E-state index in [2.05, 4.69) is 26.5 Å². The number of anilines is 2. The van der Waals surface area contributed by atoms with Gasteiger partial charge in [-0.15, -0.1) is 0 Å². The Kier molecular flexibility index (Phi) is 5.03. The van der Waals surface area contributed by atoms with E-state index < -0.39 is 0 Å². The van der Waals surface area contributed by atoms with Crippen molar-refractivity contribution in [1.82, 2.24) is 19.7 Å². The Hall–Kier alpha value is -3.24. The van der Waals surface area contributed by atoms with Crippen molar-refractivity contribution in [2.24, 2.45) is 12.5 Å². The maximum atomic E-state index is 12.4. The Morgan fingerprint density at radius 1 is 1.31 bits per heavy atom. The molecule has 0 spiro atoms. The minimum atomic E-state index is -0.262. The summed E-state index contributed by atoms with van der Waals surface area (Å²) >= 11 is 6.30.